The SMILES string of the molecule is Cc1ccc(C(=O)CCC(=O)N2CCC(CN3CCOCC3)CC2)cc1. The van der Waals surface area contributed by atoms with Gasteiger partial charge >= 0.3 is 0 Å². The summed E-state index contributed by atoms with van der Waals surface area (Å²) in [7, 11) is 0. The van der Waals surface area contributed by atoms with E-state index in [9.17, 15) is 9.59 Å². The van der Waals surface area contributed by atoms with Crippen molar-refractivity contribution in [2.24, 2.45) is 5.92 Å². The number of amides is 1. The molecule has 0 radical (unpaired) electrons. The third-order valence-corrected chi connectivity index (χ3v) is 5.53. The van der Waals surface area contributed by atoms with Gasteiger partial charge in [-0.1, -0.05) is 29.8 Å². The number of ketones is 1. The van der Waals surface area contributed by atoms with E-state index < -0.39 is 0 Å². The lowest BCUT2D eigenvalue weighted by atomic mass is 9.95. The van der Waals surface area contributed by atoms with Crippen LogP contribution in [0.4, 0.5) is 0 Å². The molecule has 3 rings (SSSR count). The van der Waals surface area contributed by atoms with Crippen molar-refractivity contribution in [1.82, 2.24) is 9.80 Å². The van der Waals surface area contributed by atoms with E-state index >= 15 is 0 Å². The molecule has 1 aromatic carbocycles. The summed E-state index contributed by atoms with van der Waals surface area (Å²) in [6.07, 6.45) is 2.75. The zero-order chi connectivity index (χ0) is 18.4. The predicted octanol–water partition coefficient (Wildman–Crippen LogP) is 2.53. The van der Waals surface area contributed by atoms with Crippen LogP contribution in [0, 0.1) is 12.8 Å². The molecular formula is C21H30N2O3. The minimum absolute atomic E-state index is 0.0561. The van der Waals surface area contributed by atoms with Gasteiger partial charge in [0.25, 0.3) is 0 Å². The van der Waals surface area contributed by atoms with Gasteiger partial charge in [-0.3, -0.25) is 14.5 Å². The third kappa shape index (κ3) is 5.39. The number of piperidine rings is 1. The van der Waals surface area contributed by atoms with E-state index in [-0.39, 0.29) is 11.7 Å². The van der Waals surface area contributed by atoms with Gasteiger partial charge in [-0.25, -0.2) is 0 Å². The number of ether oxygens (including phenoxy) is 1. The number of nitrogens with zero attached hydrogens (tertiary/aromatic N) is 2. The summed E-state index contributed by atoms with van der Waals surface area (Å²) in [4.78, 5) is 29.1. The molecule has 2 saturated heterocycles. The summed E-state index contributed by atoms with van der Waals surface area (Å²) < 4.78 is 5.40. The average Bonchev–Trinajstić information content (AvgIpc) is 2.68. The second-order valence-corrected chi connectivity index (χ2v) is 7.53. The minimum Gasteiger partial charge on any atom is -0.379 e. The number of aryl methyl sites for hydroxylation is 1. The van der Waals surface area contributed by atoms with E-state index in [1.807, 2.05) is 36.1 Å². The Morgan fingerprint density at radius 3 is 2.31 bits per heavy atom. The maximum atomic E-state index is 12.4. The summed E-state index contributed by atoms with van der Waals surface area (Å²) in [6, 6.07) is 7.57. The molecular weight excluding hydrogens is 328 g/mol. The molecule has 5 nitrogen and oxygen atoms in total. The quantitative estimate of drug-likeness (QED) is 0.733. The first-order valence-electron chi connectivity index (χ1n) is 9.79. The van der Waals surface area contributed by atoms with Crippen molar-refractivity contribution in [3.05, 3.63) is 35.4 Å². The molecule has 26 heavy (non-hydrogen) atoms. The number of morpholine rings is 1. The number of likely N-dealkylation sites (tertiary alicyclic amines) is 1. The average molecular weight is 358 g/mol. The molecule has 142 valence electrons. The van der Waals surface area contributed by atoms with Gasteiger partial charge in [-0.15, -0.1) is 0 Å². The normalized spacial score (nSPS) is 19.5. The van der Waals surface area contributed by atoms with Crippen molar-refractivity contribution in [1.29, 1.82) is 0 Å². The molecule has 0 saturated carbocycles. The molecule has 0 aliphatic carbocycles. The van der Waals surface area contributed by atoms with Crippen molar-refractivity contribution < 1.29 is 14.3 Å². The lowest BCUT2D eigenvalue weighted by Crippen LogP contribution is -2.44. The molecule has 2 aliphatic rings. The molecule has 2 heterocycles. The van der Waals surface area contributed by atoms with Crippen molar-refractivity contribution >= 4 is 11.7 Å². The molecule has 1 aromatic rings. The van der Waals surface area contributed by atoms with Crippen LogP contribution in [0.2, 0.25) is 0 Å². The first-order valence-corrected chi connectivity index (χ1v) is 9.79. The minimum atomic E-state index is 0.0561. The lowest BCUT2D eigenvalue weighted by molar-refractivity contribution is -0.132. The zero-order valence-electron chi connectivity index (χ0n) is 15.8. The van der Waals surface area contributed by atoms with Crippen LogP contribution in [0.15, 0.2) is 24.3 Å². The van der Waals surface area contributed by atoms with Crippen LogP contribution in [-0.4, -0.2) is 67.4 Å². The number of rotatable bonds is 6. The summed E-state index contributed by atoms with van der Waals surface area (Å²) in [6.45, 7) is 8.51. The number of carbonyl (C=O) groups excluding carboxylic acids is 2. The molecule has 5 heteroatoms. The summed E-state index contributed by atoms with van der Waals surface area (Å²) >= 11 is 0. The molecule has 0 unspecified atom stereocenters. The second-order valence-electron chi connectivity index (χ2n) is 7.53. The van der Waals surface area contributed by atoms with Crippen LogP contribution in [0.1, 0.15) is 41.6 Å². The zero-order valence-corrected chi connectivity index (χ0v) is 15.8. The Balaban J connectivity index is 1.38. The number of benzene rings is 1. The molecule has 0 aromatic heterocycles. The first kappa shape index (κ1) is 19.1. The highest BCUT2D eigenvalue weighted by molar-refractivity contribution is 5.97. The highest BCUT2D eigenvalue weighted by Gasteiger charge is 2.25. The fourth-order valence-corrected chi connectivity index (χ4v) is 3.78. The topological polar surface area (TPSA) is 49.9 Å². The highest BCUT2D eigenvalue weighted by Crippen LogP contribution is 2.20. The van der Waals surface area contributed by atoms with Crippen LogP contribution in [0.5, 0.6) is 0 Å². The lowest BCUT2D eigenvalue weighted by Gasteiger charge is -2.36. The van der Waals surface area contributed by atoms with E-state index in [1.54, 1.807) is 0 Å². The fourth-order valence-electron chi connectivity index (χ4n) is 3.78. The maximum Gasteiger partial charge on any atom is 0.223 e. The van der Waals surface area contributed by atoms with E-state index in [0.717, 1.165) is 64.3 Å². The summed E-state index contributed by atoms with van der Waals surface area (Å²) in [5.74, 6) is 0.849. The van der Waals surface area contributed by atoms with Gasteiger partial charge in [0.05, 0.1) is 13.2 Å². The third-order valence-electron chi connectivity index (χ3n) is 5.53. The van der Waals surface area contributed by atoms with Gasteiger partial charge in [0.15, 0.2) is 5.78 Å². The van der Waals surface area contributed by atoms with Crippen LogP contribution in [0.25, 0.3) is 0 Å². The molecule has 0 bridgehead atoms. The maximum absolute atomic E-state index is 12.4. The van der Waals surface area contributed by atoms with Crippen LogP contribution >= 0.6 is 0 Å². The Morgan fingerprint density at radius 1 is 1.00 bits per heavy atom. The molecule has 2 fully saturated rings. The van der Waals surface area contributed by atoms with Crippen molar-refractivity contribution in [2.75, 3.05) is 45.9 Å². The highest BCUT2D eigenvalue weighted by atomic mass is 16.5. The Hall–Kier alpha value is -1.72. The number of Topliss-reactive ketones (excluding diaryl/α,β-unsaturated/α-hetero) is 1. The molecule has 2 aliphatic heterocycles. The Bertz CT molecular complexity index is 600. The summed E-state index contributed by atoms with van der Waals surface area (Å²) in [5.41, 5.74) is 1.84. The Kier molecular flexibility index (Phi) is 6.80. The first-order chi connectivity index (χ1) is 12.6. The molecule has 0 N–H and O–H groups in total. The van der Waals surface area contributed by atoms with E-state index in [2.05, 4.69) is 4.90 Å². The number of carbonyl (C=O) groups is 2. The van der Waals surface area contributed by atoms with E-state index in [4.69, 9.17) is 4.74 Å². The van der Waals surface area contributed by atoms with E-state index in [0.29, 0.717) is 24.3 Å². The molecule has 0 atom stereocenters. The number of hydrogen-bond acceptors (Lipinski definition) is 4. The fraction of sp³-hybridized carbons (Fsp3) is 0.619. The van der Waals surface area contributed by atoms with Crippen molar-refractivity contribution in [3.8, 4) is 0 Å². The molecule has 0 spiro atoms. The monoisotopic (exact) mass is 358 g/mol. The Labute approximate surface area is 156 Å². The molecule has 1 amide bonds. The largest absolute Gasteiger partial charge is 0.379 e. The Morgan fingerprint density at radius 2 is 1.65 bits per heavy atom. The van der Waals surface area contributed by atoms with Crippen molar-refractivity contribution in [2.45, 2.75) is 32.6 Å². The van der Waals surface area contributed by atoms with Crippen LogP contribution in [-0.2, 0) is 9.53 Å². The second kappa shape index (κ2) is 9.28. The smallest absolute Gasteiger partial charge is 0.223 e. The predicted molar refractivity (Wildman–Crippen MR) is 101 cm³/mol. The van der Waals surface area contributed by atoms with Gasteiger partial charge in [0, 0.05) is 51.1 Å². The van der Waals surface area contributed by atoms with Gasteiger partial charge in [0.2, 0.25) is 5.91 Å². The number of hydrogen-bond donors (Lipinski definition) is 0. The van der Waals surface area contributed by atoms with Crippen LogP contribution < -0.4 is 0 Å². The van der Waals surface area contributed by atoms with Crippen molar-refractivity contribution in [3.63, 3.8) is 0 Å². The summed E-state index contributed by atoms with van der Waals surface area (Å²) in [5, 5.41) is 0. The van der Waals surface area contributed by atoms with Crippen LogP contribution in [0.3, 0.4) is 0 Å². The van der Waals surface area contributed by atoms with Gasteiger partial charge in [0.1, 0.15) is 0 Å². The van der Waals surface area contributed by atoms with E-state index in [1.165, 1.54) is 0 Å². The standard InChI is InChI=1S/C21H30N2O3/c1-17-2-4-19(5-3-17)20(24)6-7-21(25)23-10-8-18(9-11-23)16-22-12-14-26-15-13-22/h2-5,18H,6-16H2,1H3. The van der Waals surface area contributed by atoms with Gasteiger partial charge < -0.3 is 9.64 Å². The van der Waals surface area contributed by atoms with Gasteiger partial charge in [-0.05, 0) is 25.7 Å². The van der Waals surface area contributed by atoms with Gasteiger partial charge in [-0.2, -0.15) is 0 Å².